The molecule has 1 atom stereocenters. The van der Waals surface area contributed by atoms with Crippen LogP contribution in [0.4, 0.5) is 4.39 Å². The van der Waals surface area contributed by atoms with Crippen LogP contribution in [0.25, 0.3) is 10.9 Å². The fourth-order valence-corrected chi connectivity index (χ4v) is 5.81. The van der Waals surface area contributed by atoms with Crippen molar-refractivity contribution >= 4 is 16.8 Å². The van der Waals surface area contributed by atoms with Crippen LogP contribution in [0.2, 0.25) is 0 Å². The van der Waals surface area contributed by atoms with E-state index >= 15 is 4.39 Å². The largest absolute Gasteiger partial charge is 0.497 e. The maximum Gasteiger partial charge on any atom is 0.254 e. The van der Waals surface area contributed by atoms with Gasteiger partial charge in [-0.2, -0.15) is 5.10 Å². The molecule has 1 aromatic heterocycles. The van der Waals surface area contributed by atoms with E-state index in [1.807, 2.05) is 24.3 Å². The molecule has 0 N–H and O–H groups in total. The average Bonchev–Trinajstić information content (AvgIpc) is 3.13. The van der Waals surface area contributed by atoms with Gasteiger partial charge < -0.3 is 14.5 Å². The smallest absolute Gasteiger partial charge is 0.254 e. The summed E-state index contributed by atoms with van der Waals surface area (Å²) in [5, 5.41) is 5.48. The second-order valence-corrected chi connectivity index (χ2v) is 9.22. The summed E-state index contributed by atoms with van der Waals surface area (Å²) in [4.78, 5) is 18.2. The molecule has 1 amide bonds. The first kappa shape index (κ1) is 19.7. The van der Waals surface area contributed by atoms with Gasteiger partial charge in [-0.05, 0) is 61.7 Å². The summed E-state index contributed by atoms with van der Waals surface area (Å²) in [7, 11) is 1.63. The molecule has 0 aliphatic carbocycles. The van der Waals surface area contributed by atoms with Crippen molar-refractivity contribution in [2.75, 3.05) is 33.3 Å². The number of hydrogen-bond donors (Lipinski definition) is 0. The minimum absolute atomic E-state index is 0.0245. The number of methoxy groups -OCH3 is 1. The van der Waals surface area contributed by atoms with Gasteiger partial charge in [0.15, 0.2) is 0 Å². The first-order chi connectivity index (χ1) is 15.6. The number of rotatable bonds is 4. The molecule has 2 bridgehead atoms. The third-order valence-corrected chi connectivity index (χ3v) is 7.51. The lowest BCUT2D eigenvalue weighted by Gasteiger charge is -2.49. The lowest BCUT2D eigenvalue weighted by Crippen LogP contribution is -2.58. The molecule has 0 radical (unpaired) electrons. The van der Waals surface area contributed by atoms with Gasteiger partial charge in [0.25, 0.3) is 5.91 Å². The molecule has 3 fully saturated rings. The second-order valence-electron chi connectivity index (χ2n) is 9.22. The summed E-state index contributed by atoms with van der Waals surface area (Å²) in [5.41, 5.74) is 2.84. The molecule has 3 aromatic rings. The summed E-state index contributed by atoms with van der Waals surface area (Å²) >= 11 is 0. The Morgan fingerprint density at radius 2 is 1.88 bits per heavy atom. The number of piperidine rings is 3. The van der Waals surface area contributed by atoms with E-state index < -0.39 is 0 Å². The van der Waals surface area contributed by atoms with Crippen molar-refractivity contribution in [3.63, 3.8) is 0 Å². The Bertz CT molecular complexity index is 1180. The monoisotopic (exact) mass is 434 g/mol. The Morgan fingerprint density at radius 3 is 2.56 bits per heavy atom. The number of ether oxygens (including phenoxy) is 1. The third kappa shape index (κ3) is 3.10. The van der Waals surface area contributed by atoms with Crippen molar-refractivity contribution in [3.8, 4) is 5.75 Å². The van der Waals surface area contributed by atoms with E-state index in [9.17, 15) is 4.79 Å². The van der Waals surface area contributed by atoms with Crippen LogP contribution in [0.15, 0.2) is 36.4 Å². The Hall–Kier alpha value is -2.93. The standard InChI is InChI=1S/C25H27FN4O2/c1-32-18-4-2-16(3-5-18)14-30-24-20(26)7-6-19-23(24)21(27-30)10-13-29(25(19)31)22-15-28-11-8-17(22)9-12-28/h2-7,17,22H,8-15H2,1H3/t22-/m1/s1. The van der Waals surface area contributed by atoms with Crippen molar-refractivity contribution in [3.05, 3.63) is 59.0 Å². The second kappa shape index (κ2) is 7.59. The highest BCUT2D eigenvalue weighted by Crippen LogP contribution is 2.35. The Morgan fingerprint density at radius 1 is 1.09 bits per heavy atom. The zero-order valence-electron chi connectivity index (χ0n) is 18.3. The van der Waals surface area contributed by atoms with Crippen LogP contribution in [-0.4, -0.2) is 64.8 Å². The maximum absolute atomic E-state index is 15.0. The fraction of sp³-hybridized carbons (Fsp3) is 0.440. The number of benzene rings is 2. The van der Waals surface area contributed by atoms with Crippen LogP contribution >= 0.6 is 0 Å². The lowest BCUT2D eigenvalue weighted by molar-refractivity contribution is 0.00820. The highest BCUT2D eigenvalue weighted by atomic mass is 19.1. The zero-order chi connectivity index (χ0) is 21.8. The van der Waals surface area contributed by atoms with Crippen LogP contribution in [0.3, 0.4) is 0 Å². The van der Waals surface area contributed by atoms with Gasteiger partial charge in [-0.3, -0.25) is 9.48 Å². The van der Waals surface area contributed by atoms with Gasteiger partial charge in [-0.15, -0.1) is 0 Å². The van der Waals surface area contributed by atoms with Crippen LogP contribution in [0.5, 0.6) is 5.75 Å². The molecule has 7 rings (SSSR count). The van der Waals surface area contributed by atoms with E-state index in [1.165, 1.54) is 6.07 Å². The van der Waals surface area contributed by atoms with Crippen molar-refractivity contribution in [1.82, 2.24) is 19.6 Å². The normalized spacial score (nSPS) is 24.8. The first-order valence-corrected chi connectivity index (χ1v) is 11.5. The van der Waals surface area contributed by atoms with Gasteiger partial charge in [0.2, 0.25) is 0 Å². The maximum atomic E-state index is 15.0. The molecule has 4 aliphatic rings. The van der Waals surface area contributed by atoms with E-state index in [0.717, 1.165) is 49.5 Å². The highest BCUT2D eigenvalue weighted by Gasteiger charge is 2.41. The van der Waals surface area contributed by atoms with E-state index in [1.54, 1.807) is 17.9 Å². The van der Waals surface area contributed by atoms with Crippen molar-refractivity contribution < 1.29 is 13.9 Å². The van der Waals surface area contributed by atoms with Crippen LogP contribution in [0, 0.1) is 11.7 Å². The van der Waals surface area contributed by atoms with E-state index in [-0.39, 0.29) is 17.8 Å². The number of hydrogen-bond acceptors (Lipinski definition) is 4. The van der Waals surface area contributed by atoms with E-state index in [0.29, 0.717) is 41.9 Å². The number of carbonyl (C=O) groups is 1. The lowest BCUT2D eigenvalue weighted by atomic mass is 9.83. The summed E-state index contributed by atoms with van der Waals surface area (Å²) in [6.07, 6.45) is 2.97. The van der Waals surface area contributed by atoms with E-state index in [4.69, 9.17) is 9.84 Å². The van der Waals surface area contributed by atoms with E-state index in [2.05, 4.69) is 9.80 Å². The van der Waals surface area contributed by atoms with Gasteiger partial charge in [-0.1, -0.05) is 12.1 Å². The molecule has 166 valence electrons. The molecule has 7 heteroatoms. The number of halogens is 1. The minimum atomic E-state index is -0.333. The van der Waals surface area contributed by atoms with Crippen molar-refractivity contribution in [2.45, 2.75) is 31.8 Å². The SMILES string of the molecule is COc1ccc(Cn2nc3c4c(ccc(F)c42)C(=O)N([C@@H]2CN4CCC2CC4)CC3)cc1. The van der Waals surface area contributed by atoms with Gasteiger partial charge >= 0.3 is 0 Å². The summed E-state index contributed by atoms with van der Waals surface area (Å²) in [5.74, 6) is 1.04. The summed E-state index contributed by atoms with van der Waals surface area (Å²) in [6, 6.07) is 11.0. The van der Waals surface area contributed by atoms with Gasteiger partial charge in [0, 0.05) is 30.9 Å². The zero-order valence-corrected chi connectivity index (χ0v) is 18.3. The number of carbonyl (C=O) groups excluding carboxylic acids is 1. The van der Waals surface area contributed by atoms with Crippen LogP contribution in [0.1, 0.15) is 34.5 Å². The Labute approximate surface area is 186 Å². The number of nitrogens with zero attached hydrogens (tertiary/aromatic N) is 4. The Kier molecular flexibility index (Phi) is 4.68. The van der Waals surface area contributed by atoms with Crippen molar-refractivity contribution in [2.24, 2.45) is 5.92 Å². The third-order valence-electron chi connectivity index (χ3n) is 7.51. The highest BCUT2D eigenvalue weighted by molar-refractivity contribution is 6.08. The number of aromatic nitrogens is 2. The van der Waals surface area contributed by atoms with Crippen molar-refractivity contribution in [1.29, 1.82) is 0 Å². The molecular formula is C25H27FN4O2. The van der Waals surface area contributed by atoms with Gasteiger partial charge in [0.1, 0.15) is 17.1 Å². The van der Waals surface area contributed by atoms with Crippen LogP contribution < -0.4 is 4.74 Å². The Balaban J connectivity index is 1.38. The van der Waals surface area contributed by atoms with Crippen LogP contribution in [-0.2, 0) is 13.0 Å². The molecule has 3 saturated heterocycles. The fourth-order valence-electron chi connectivity index (χ4n) is 5.81. The number of amides is 1. The molecule has 4 aliphatic heterocycles. The molecule has 32 heavy (non-hydrogen) atoms. The number of fused-ring (bicyclic) bond motifs is 3. The minimum Gasteiger partial charge on any atom is -0.497 e. The average molecular weight is 435 g/mol. The molecule has 5 heterocycles. The molecule has 0 spiro atoms. The topological polar surface area (TPSA) is 50.6 Å². The molecule has 2 aromatic carbocycles. The molecule has 0 saturated carbocycles. The predicted octanol–water partition coefficient (Wildman–Crippen LogP) is 3.32. The molecule has 6 nitrogen and oxygen atoms in total. The van der Waals surface area contributed by atoms with Gasteiger partial charge in [0.05, 0.1) is 24.9 Å². The summed E-state index contributed by atoms with van der Waals surface area (Å²) < 4.78 is 22.0. The molecule has 0 unspecified atom stereocenters. The summed E-state index contributed by atoms with van der Waals surface area (Å²) in [6.45, 7) is 4.32. The predicted molar refractivity (Wildman–Crippen MR) is 119 cm³/mol. The quantitative estimate of drug-likeness (QED) is 0.632. The first-order valence-electron chi connectivity index (χ1n) is 11.5. The van der Waals surface area contributed by atoms with Gasteiger partial charge in [-0.25, -0.2) is 4.39 Å². The molecular weight excluding hydrogens is 407 g/mol.